The van der Waals surface area contributed by atoms with E-state index in [1.54, 1.807) is 0 Å². The summed E-state index contributed by atoms with van der Waals surface area (Å²) in [6.45, 7) is 14.1. The summed E-state index contributed by atoms with van der Waals surface area (Å²) in [4.78, 5) is 23.2. The van der Waals surface area contributed by atoms with Gasteiger partial charge in [0, 0.05) is 77.6 Å². The van der Waals surface area contributed by atoms with Crippen molar-refractivity contribution in [2.75, 3.05) is 64.3 Å². The molecule has 1 aromatic carbocycles. The summed E-state index contributed by atoms with van der Waals surface area (Å²) in [5.41, 5.74) is 4.14. The highest BCUT2D eigenvalue weighted by molar-refractivity contribution is 5.80. The Bertz CT molecular complexity index is 741. The zero-order chi connectivity index (χ0) is 21.5. The van der Waals surface area contributed by atoms with Gasteiger partial charge in [-0.15, -0.1) is 0 Å². The van der Waals surface area contributed by atoms with Crippen LogP contribution in [-0.4, -0.2) is 87.1 Å². The second-order valence-electron chi connectivity index (χ2n) is 8.37. The van der Waals surface area contributed by atoms with E-state index in [1.165, 1.54) is 16.8 Å². The molecule has 1 unspecified atom stereocenters. The topological polar surface area (TPSA) is 63.2 Å². The number of piperazine rings is 1. The van der Waals surface area contributed by atoms with Gasteiger partial charge in [-0.05, 0) is 37.5 Å². The quantitative estimate of drug-likeness (QED) is 0.547. The first kappa shape index (κ1) is 22.4. The molecule has 30 heavy (non-hydrogen) atoms. The van der Waals surface area contributed by atoms with Gasteiger partial charge in [0.05, 0.1) is 0 Å². The normalized spacial score (nSPS) is 20.5. The van der Waals surface area contributed by atoms with Crippen LogP contribution in [0.15, 0.2) is 23.2 Å². The first-order chi connectivity index (χ1) is 14.5. The minimum Gasteiger partial charge on any atom is -0.369 e. The SMILES string of the molecule is CCC(=O)N1CCC(NC(=NC)NCCN2CCN(c3cccc(C)c3C)CC2)C1. The first-order valence-electron chi connectivity index (χ1n) is 11.3. The number of rotatable bonds is 6. The number of aliphatic imine (C=N–C) groups is 1. The Morgan fingerprint density at radius 1 is 1.17 bits per heavy atom. The van der Waals surface area contributed by atoms with Crippen LogP contribution in [0.2, 0.25) is 0 Å². The van der Waals surface area contributed by atoms with Crippen molar-refractivity contribution >= 4 is 17.6 Å². The standard InChI is InChI=1S/C23H38N6O/c1-5-22(30)29-11-9-20(17-29)26-23(24-4)25-10-12-27-13-15-28(16-14-27)21-8-6-7-18(2)19(21)3/h6-8,20H,5,9-17H2,1-4H3,(H2,24,25,26). The molecule has 7 nitrogen and oxygen atoms in total. The molecule has 0 spiro atoms. The summed E-state index contributed by atoms with van der Waals surface area (Å²) in [6.07, 6.45) is 1.56. The Labute approximate surface area is 181 Å². The van der Waals surface area contributed by atoms with Gasteiger partial charge in [0.1, 0.15) is 0 Å². The predicted octanol–water partition coefficient (Wildman–Crippen LogP) is 1.60. The van der Waals surface area contributed by atoms with Gasteiger partial charge in [-0.2, -0.15) is 0 Å². The molecule has 0 aromatic heterocycles. The lowest BCUT2D eigenvalue weighted by molar-refractivity contribution is -0.129. The minimum atomic E-state index is 0.238. The zero-order valence-electron chi connectivity index (χ0n) is 19.1. The molecule has 3 rings (SSSR count). The highest BCUT2D eigenvalue weighted by Gasteiger charge is 2.26. The number of aryl methyl sites for hydroxylation is 1. The number of nitrogens with one attached hydrogen (secondary N) is 2. The van der Waals surface area contributed by atoms with Gasteiger partial charge in [-0.3, -0.25) is 14.7 Å². The molecule has 2 fully saturated rings. The van der Waals surface area contributed by atoms with E-state index in [9.17, 15) is 4.79 Å². The molecule has 2 N–H and O–H groups in total. The molecule has 1 amide bonds. The molecule has 0 saturated carbocycles. The summed E-state index contributed by atoms with van der Waals surface area (Å²) >= 11 is 0. The Morgan fingerprint density at radius 2 is 1.93 bits per heavy atom. The molecule has 1 aromatic rings. The van der Waals surface area contributed by atoms with Crippen LogP contribution in [-0.2, 0) is 4.79 Å². The number of nitrogens with zero attached hydrogens (tertiary/aromatic N) is 4. The Hall–Kier alpha value is -2.28. The monoisotopic (exact) mass is 414 g/mol. The minimum absolute atomic E-state index is 0.238. The highest BCUT2D eigenvalue weighted by atomic mass is 16.2. The largest absolute Gasteiger partial charge is 0.369 e. The number of hydrogen-bond donors (Lipinski definition) is 2. The van der Waals surface area contributed by atoms with Crippen molar-refractivity contribution < 1.29 is 4.79 Å². The lowest BCUT2D eigenvalue weighted by atomic mass is 10.1. The number of amides is 1. The number of anilines is 1. The van der Waals surface area contributed by atoms with E-state index in [-0.39, 0.29) is 11.9 Å². The molecule has 7 heteroatoms. The van der Waals surface area contributed by atoms with Gasteiger partial charge in [0.25, 0.3) is 0 Å². The van der Waals surface area contributed by atoms with Crippen LogP contribution in [0.25, 0.3) is 0 Å². The first-order valence-corrected chi connectivity index (χ1v) is 11.3. The third-order valence-corrected chi connectivity index (χ3v) is 6.42. The van der Waals surface area contributed by atoms with E-state index in [1.807, 2.05) is 18.9 Å². The van der Waals surface area contributed by atoms with Crippen molar-refractivity contribution in [2.45, 2.75) is 39.7 Å². The smallest absolute Gasteiger partial charge is 0.222 e. The Kier molecular flexibility index (Phi) is 7.96. The van der Waals surface area contributed by atoms with Crippen LogP contribution in [0.3, 0.4) is 0 Å². The van der Waals surface area contributed by atoms with Gasteiger partial charge in [-0.25, -0.2) is 0 Å². The van der Waals surface area contributed by atoms with Gasteiger partial charge in [0.15, 0.2) is 5.96 Å². The number of carbonyl (C=O) groups is 1. The van der Waals surface area contributed by atoms with Crippen LogP contribution in [0.1, 0.15) is 30.9 Å². The predicted molar refractivity (Wildman–Crippen MR) is 124 cm³/mol. The van der Waals surface area contributed by atoms with E-state index in [0.29, 0.717) is 6.42 Å². The molecule has 0 aliphatic carbocycles. The fourth-order valence-corrected chi connectivity index (χ4v) is 4.34. The maximum atomic E-state index is 11.9. The van der Waals surface area contributed by atoms with Gasteiger partial charge < -0.3 is 20.4 Å². The number of carbonyl (C=O) groups excluding carboxylic acids is 1. The van der Waals surface area contributed by atoms with E-state index in [2.05, 4.69) is 57.5 Å². The molecule has 0 bridgehead atoms. The van der Waals surface area contributed by atoms with Crippen molar-refractivity contribution in [1.82, 2.24) is 20.4 Å². The van der Waals surface area contributed by atoms with Crippen LogP contribution < -0.4 is 15.5 Å². The third kappa shape index (κ3) is 5.65. The third-order valence-electron chi connectivity index (χ3n) is 6.42. The molecule has 0 radical (unpaired) electrons. The summed E-state index contributed by atoms with van der Waals surface area (Å²) in [6, 6.07) is 6.88. The Balaban J connectivity index is 1.37. The average Bonchev–Trinajstić information content (AvgIpc) is 3.23. The molecule has 2 aliphatic rings. The van der Waals surface area contributed by atoms with Crippen molar-refractivity contribution in [1.29, 1.82) is 0 Å². The van der Waals surface area contributed by atoms with Crippen LogP contribution >= 0.6 is 0 Å². The van der Waals surface area contributed by atoms with Crippen LogP contribution in [0, 0.1) is 13.8 Å². The molecular formula is C23H38N6O. The zero-order valence-corrected chi connectivity index (χ0v) is 19.1. The molecule has 1 atom stereocenters. The van der Waals surface area contributed by atoms with Gasteiger partial charge >= 0.3 is 0 Å². The average molecular weight is 415 g/mol. The Morgan fingerprint density at radius 3 is 2.63 bits per heavy atom. The highest BCUT2D eigenvalue weighted by Crippen LogP contribution is 2.23. The number of hydrogen-bond acceptors (Lipinski definition) is 4. The maximum absolute atomic E-state index is 11.9. The van der Waals surface area contributed by atoms with E-state index >= 15 is 0 Å². The summed E-state index contributed by atoms with van der Waals surface area (Å²) < 4.78 is 0. The van der Waals surface area contributed by atoms with Crippen molar-refractivity contribution in [3.8, 4) is 0 Å². The second-order valence-corrected chi connectivity index (χ2v) is 8.37. The molecule has 2 aliphatic heterocycles. The fraction of sp³-hybridized carbons (Fsp3) is 0.652. The molecule has 166 valence electrons. The molecule has 2 heterocycles. The maximum Gasteiger partial charge on any atom is 0.222 e. The van der Waals surface area contributed by atoms with Crippen LogP contribution in [0.4, 0.5) is 5.69 Å². The van der Waals surface area contributed by atoms with Gasteiger partial charge in [0.2, 0.25) is 5.91 Å². The number of guanidine groups is 1. The van der Waals surface area contributed by atoms with Crippen molar-refractivity contribution in [2.24, 2.45) is 4.99 Å². The summed E-state index contributed by atoms with van der Waals surface area (Å²) in [7, 11) is 1.81. The van der Waals surface area contributed by atoms with Crippen molar-refractivity contribution in [3.05, 3.63) is 29.3 Å². The second kappa shape index (κ2) is 10.7. The lowest BCUT2D eigenvalue weighted by Gasteiger charge is -2.37. The molecule has 2 saturated heterocycles. The van der Waals surface area contributed by atoms with Gasteiger partial charge in [-0.1, -0.05) is 19.1 Å². The van der Waals surface area contributed by atoms with E-state index < -0.39 is 0 Å². The van der Waals surface area contributed by atoms with Crippen molar-refractivity contribution in [3.63, 3.8) is 0 Å². The van der Waals surface area contributed by atoms with E-state index in [0.717, 1.165) is 64.7 Å². The summed E-state index contributed by atoms with van der Waals surface area (Å²) in [5.74, 6) is 1.07. The lowest BCUT2D eigenvalue weighted by Crippen LogP contribution is -2.50. The van der Waals surface area contributed by atoms with Crippen LogP contribution in [0.5, 0.6) is 0 Å². The molecular weight excluding hydrogens is 376 g/mol. The van der Waals surface area contributed by atoms with E-state index in [4.69, 9.17) is 0 Å². The summed E-state index contributed by atoms with van der Waals surface area (Å²) in [5, 5.41) is 6.91. The fourth-order valence-electron chi connectivity index (χ4n) is 4.34. The number of benzene rings is 1. The number of likely N-dealkylation sites (tertiary alicyclic amines) is 1.